The third kappa shape index (κ3) is 4.48. The molecule has 4 heteroatoms. The number of carbonyl (C=O) groups excluding carboxylic acids is 1. The van der Waals surface area contributed by atoms with Crippen LogP contribution >= 0.6 is 15.9 Å². The minimum atomic E-state index is -0.301. The Morgan fingerprint density at radius 3 is 2.59 bits per heavy atom. The van der Waals surface area contributed by atoms with Gasteiger partial charge in [-0.05, 0) is 12.0 Å². The van der Waals surface area contributed by atoms with Crippen molar-refractivity contribution in [2.45, 2.75) is 24.2 Å². The predicted octanol–water partition coefficient (Wildman–Crippen LogP) is 2.66. The van der Waals surface area contributed by atoms with Gasteiger partial charge >= 0.3 is 5.97 Å². The van der Waals surface area contributed by atoms with Crippen LogP contribution in [0.4, 0.5) is 0 Å². The van der Waals surface area contributed by atoms with Crippen LogP contribution in [-0.2, 0) is 9.53 Å². The second-order valence-electron chi connectivity index (χ2n) is 3.77. The van der Waals surface area contributed by atoms with Crippen molar-refractivity contribution in [3.05, 3.63) is 35.9 Å². The lowest BCUT2D eigenvalue weighted by atomic mass is 10.0. The summed E-state index contributed by atoms with van der Waals surface area (Å²) in [6, 6.07) is 10.5. The van der Waals surface area contributed by atoms with E-state index in [1.165, 1.54) is 12.7 Å². The van der Waals surface area contributed by atoms with Crippen molar-refractivity contribution >= 4 is 21.9 Å². The van der Waals surface area contributed by atoms with Crippen molar-refractivity contribution in [2.75, 3.05) is 13.7 Å². The Morgan fingerprint density at radius 1 is 1.41 bits per heavy atom. The average Bonchev–Trinajstić information content (AvgIpc) is 2.39. The molecule has 0 bridgehead atoms. The Labute approximate surface area is 111 Å². The molecule has 0 saturated heterocycles. The summed E-state index contributed by atoms with van der Waals surface area (Å²) in [5.41, 5.74) is 1.24. The molecule has 0 aromatic heterocycles. The molecular weight excluding hydrogens is 282 g/mol. The SMILES string of the molecule is CCC(NCC(Br)C(=O)OC)c1ccccc1. The minimum Gasteiger partial charge on any atom is -0.468 e. The van der Waals surface area contributed by atoms with Crippen LogP contribution in [0.2, 0.25) is 0 Å². The highest BCUT2D eigenvalue weighted by Crippen LogP contribution is 2.16. The molecule has 0 aliphatic carbocycles. The molecule has 0 amide bonds. The number of carbonyl (C=O) groups is 1. The molecule has 2 atom stereocenters. The van der Waals surface area contributed by atoms with Gasteiger partial charge in [-0.2, -0.15) is 0 Å². The molecule has 0 radical (unpaired) electrons. The summed E-state index contributed by atoms with van der Waals surface area (Å²) in [6.07, 6.45) is 0.977. The highest BCUT2D eigenvalue weighted by molar-refractivity contribution is 9.10. The maximum atomic E-state index is 11.2. The van der Waals surface area contributed by atoms with Gasteiger partial charge in [-0.25, -0.2) is 0 Å². The number of alkyl halides is 1. The molecule has 0 aliphatic rings. The number of halogens is 1. The van der Waals surface area contributed by atoms with Gasteiger partial charge in [0.1, 0.15) is 4.83 Å². The smallest absolute Gasteiger partial charge is 0.320 e. The fourth-order valence-electron chi connectivity index (χ4n) is 1.64. The Morgan fingerprint density at radius 2 is 2.06 bits per heavy atom. The van der Waals surface area contributed by atoms with Crippen LogP contribution < -0.4 is 5.32 Å². The number of benzene rings is 1. The van der Waals surface area contributed by atoms with E-state index in [2.05, 4.69) is 45.0 Å². The second-order valence-corrected chi connectivity index (χ2v) is 4.88. The number of hydrogen-bond donors (Lipinski definition) is 1. The van der Waals surface area contributed by atoms with Crippen LogP contribution in [0.3, 0.4) is 0 Å². The first-order valence-electron chi connectivity index (χ1n) is 5.69. The molecule has 1 N–H and O–H groups in total. The van der Waals surface area contributed by atoms with Gasteiger partial charge in [0, 0.05) is 12.6 Å². The zero-order valence-corrected chi connectivity index (χ0v) is 11.7. The fourth-order valence-corrected chi connectivity index (χ4v) is 2.01. The minimum absolute atomic E-state index is 0.250. The molecule has 1 rings (SSSR count). The monoisotopic (exact) mass is 299 g/mol. The lowest BCUT2D eigenvalue weighted by Gasteiger charge is -2.18. The van der Waals surface area contributed by atoms with E-state index in [4.69, 9.17) is 0 Å². The molecule has 2 unspecified atom stereocenters. The second kappa shape index (κ2) is 7.45. The molecule has 94 valence electrons. The van der Waals surface area contributed by atoms with Crippen molar-refractivity contribution in [1.82, 2.24) is 5.32 Å². The molecule has 17 heavy (non-hydrogen) atoms. The molecule has 0 aliphatic heterocycles. The number of ether oxygens (including phenoxy) is 1. The Balaban J connectivity index is 2.51. The molecule has 0 spiro atoms. The number of esters is 1. The third-order valence-corrected chi connectivity index (χ3v) is 3.31. The summed E-state index contributed by atoms with van der Waals surface area (Å²) in [6.45, 7) is 2.67. The van der Waals surface area contributed by atoms with E-state index in [1.54, 1.807) is 0 Å². The number of methoxy groups -OCH3 is 1. The molecule has 3 nitrogen and oxygen atoms in total. The quantitative estimate of drug-likeness (QED) is 0.648. The van der Waals surface area contributed by atoms with Gasteiger partial charge in [0.15, 0.2) is 0 Å². The van der Waals surface area contributed by atoms with E-state index < -0.39 is 0 Å². The van der Waals surface area contributed by atoms with E-state index in [1.807, 2.05) is 18.2 Å². The van der Waals surface area contributed by atoms with Crippen molar-refractivity contribution in [1.29, 1.82) is 0 Å². The maximum Gasteiger partial charge on any atom is 0.320 e. The Hall–Kier alpha value is -0.870. The van der Waals surface area contributed by atoms with Gasteiger partial charge in [0.25, 0.3) is 0 Å². The predicted molar refractivity (Wildman–Crippen MR) is 72.2 cm³/mol. The molecule has 0 saturated carbocycles. The van der Waals surface area contributed by atoms with Crippen molar-refractivity contribution in [3.63, 3.8) is 0 Å². The van der Waals surface area contributed by atoms with Crippen LogP contribution in [-0.4, -0.2) is 24.5 Å². The van der Waals surface area contributed by atoms with E-state index in [-0.39, 0.29) is 16.8 Å². The van der Waals surface area contributed by atoms with Gasteiger partial charge in [-0.15, -0.1) is 0 Å². The van der Waals surface area contributed by atoms with Gasteiger partial charge < -0.3 is 10.1 Å². The number of rotatable bonds is 6. The molecule has 0 fully saturated rings. The van der Waals surface area contributed by atoms with Gasteiger partial charge in [-0.3, -0.25) is 4.79 Å². The first-order valence-corrected chi connectivity index (χ1v) is 6.60. The van der Waals surface area contributed by atoms with Crippen molar-refractivity contribution < 1.29 is 9.53 Å². The largest absolute Gasteiger partial charge is 0.468 e. The van der Waals surface area contributed by atoms with Crippen molar-refractivity contribution in [2.24, 2.45) is 0 Å². The molecule has 1 aromatic rings. The lowest BCUT2D eigenvalue weighted by Crippen LogP contribution is -2.32. The zero-order chi connectivity index (χ0) is 12.7. The highest BCUT2D eigenvalue weighted by atomic mass is 79.9. The molecular formula is C13H18BrNO2. The summed E-state index contributed by atoms with van der Waals surface area (Å²) in [4.78, 5) is 10.9. The standard InChI is InChI=1S/C13H18BrNO2/c1-3-12(10-7-5-4-6-8-10)15-9-11(14)13(16)17-2/h4-8,11-12,15H,3,9H2,1-2H3. The summed E-state index contributed by atoms with van der Waals surface area (Å²) < 4.78 is 4.66. The van der Waals surface area contributed by atoms with E-state index in [9.17, 15) is 4.79 Å². The van der Waals surface area contributed by atoms with Crippen molar-refractivity contribution in [3.8, 4) is 0 Å². The van der Waals surface area contributed by atoms with Crippen LogP contribution in [0, 0.1) is 0 Å². The van der Waals surface area contributed by atoms with E-state index in [0.717, 1.165) is 6.42 Å². The lowest BCUT2D eigenvalue weighted by molar-refractivity contribution is -0.139. The van der Waals surface area contributed by atoms with Crippen LogP contribution in [0.1, 0.15) is 24.9 Å². The normalized spacial score (nSPS) is 14.1. The number of hydrogen-bond acceptors (Lipinski definition) is 3. The highest BCUT2D eigenvalue weighted by Gasteiger charge is 2.17. The summed E-state index contributed by atoms with van der Waals surface area (Å²) >= 11 is 3.30. The van der Waals surface area contributed by atoms with Gasteiger partial charge in [0.05, 0.1) is 7.11 Å². The molecule has 0 heterocycles. The van der Waals surface area contributed by atoms with E-state index >= 15 is 0 Å². The topological polar surface area (TPSA) is 38.3 Å². The van der Waals surface area contributed by atoms with Gasteiger partial charge in [-0.1, -0.05) is 53.2 Å². The summed E-state index contributed by atoms with van der Waals surface area (Å²) in [7, 11) is 1.39. The summed E-state index contributed by atoms with van der Waals surface area (Å²) in [5, 5.41) is 3.35. The Bertz CT molecular complexity index is 343. The zero-order valence-electron chi connectivity index (χ0n) is 10.2. The average molecular weight is 300 g/mol. The van der Waals surface area contributed by atoms with Crippen LogP contribution in [0.25, 0.3) is 0 Å². The van der Waals surface area contributed by atoms with Crippen LogP contribution in [0.5, 0.6) is 0 Å². The van der Waals surface area contributed by atoms with Crippen LogP contribution in [0.15, 0.2) is 30.3 Å². The maximum absolute atomic E-state index is 11.2. The number of nitrogens with one attached hydrogen (secondary N) is 1. The van der Waals surface area contributed by atoms with Gasteiger partial charge in [0.2, 0.25) is 0 Å². The van der Waals surface area contributed by atoms with E-state index in [0.29, 0.717) is 6.54 Å². The summed E-state index contributed by atoms with van der Waals surface area (Å²) in [5.74, 6) is -0.250. The first kappa shape index (κ1) is 14.2. The molecule has 1 aromatic carbocycles. The third-order valence-electron chi connectivity index (χ3n) is 2.61. The first-order chi connectivity index (χ1) is 8.19. The Kier molecular flexibility index (Phi) is 6.22. The fraction of sp³-hybridized carbons (Fsp3) is 0.462.